The van der Waals surface area contributed by atoms with Gasteiger partial charge in [0.1, 0.15) is 11.6 Å². The molecule has 94 valence electrons. The third-order valence-corrected chi connectivity index (χ3v) is 3.23. The molecule has 0 amide bonds. The number of rotatable bonds is 4. The van der Waals surface area contributed by atoms with E-state index in [1.54, 1.807) is 18.6 Å². The van der Waals surface area contributed by atoms with Crippen LogP contribution in [0.15, 0.2) is 18.6 Å². The van der Waals surface area contributed by atoms with Gasteiger partial charge < -0.3 is 9.88 Å². The molecule has 0 spiro atoms. The van der Waals surface area contributed by atoms with Gasteiger partial charge in [-0.2, -0.15) is 0 Å². The van der Waals surface area contributed by atoms with Crippen LogP contribution in [0.1, 0.15) is 36.7 Å². The van der Waals surface area contributed by atoms with Crippen LogP contribution >= 0.6 is 0 Å². The quantitative estimate of drug-likeness (QED) is 0.864. The summed E-state index contributed by atoms with van der Waals surface area (Å²) in [6.07, 6.45) is 7.38. The summed E-state index contributed by atoms with van der Waals surface area (Å²) in [5, 5.41) is 11.9. The van der Waals surface area contributed by atoms with Gasteiger partial charge in [0.05, 0.1) is 11.7 Å². The zero-order chi connectivity index (χ0) is 12.4. The largest absolute Gasteiger partial charge is 0.314 e. The third-order valence-electron chi connectivity index (χ3n) is 3.23. The van der Waals surface area contributed by atoms with Crippen molar-refractivity contribution < 1.29 is 0 Å². The van der Waals surface area contributed by atoms with Gasteiger partial charge in [-0.1, -0.05) is 0 Å². The van der Waals surface area contributed by atoms with E-state index in [1.165, 1.54) is 6.42 Å². The van der Waals surface area contributed by atoms with Crippen molar-refractivity contribution in [1.29, 1.82) is 0 Å². The maximum absolute atomic E-state index is 4.26. The van der Waals surface area contributed by atoms with Crippen LogP contribution in [-0.4, -0.2) is 24.7 Å². The summed E-state index contributed by atoms with van der Waals surface area (Å²) in [5.74, 6) is 2.13. The fraction of sp³-hybridized carbons (Fsp3) is 0.500. The lowest BCUT2D eigenvalue weighted by atomic mass is 10.3. The van der Waals surface area contributed by atoms with Crippen LogP contribution in [-0.2, 0) is 19.5 Å². The molecule has 0 radical (unpaired) electrons. The van der Waals surface area contributed by atoms with Gasteiger partial charge in [-0.05, 0) is 13.3 Å². The molecule has 2 aromatic rings. The summed E-state index contributed by atoms with van der Waals surface area (Å²) in [7, 11) is 0. The SMILES string of the molecule is CC(NCc1cnccn1)c1nnc2n1CCC2. The highest BCUT2D eigenvalue weighted by Gasteiger charge is 2.20. The van der Waals surface area contributed by atoms with Crippen LogP contribution in [0.4, 0.5) is 0 Å². The lowest BCUT2D eigenvalue weighted by Crippen LogP contribution is -2.22. The molecule has 3 heterocycles. The Balaban J connectivity index is 1.66. The minimum atomic E-state index is 0.173. The van der Waals surface area contributed by atoms with E-state index in [1.807, 2.05) is 0 Å². The summed E-state index contributed by atoms with van der Waals surface area (Å²) in [4.78, 5) is 8.28. The van der Waals surface area contributed by atoms with Crippen LogP contribution in [0.5, 0.6) is 0 Å². The van der Waals surface area contributed by atoms with Crippen molar-refractivity contribution in [2.75, 3.05) is 0 Å². The van der Waals surface area contributed by atoms with Crippen LogP contribution in [0.3, 0.4) is 0 Å². The Hall–Kier alpha value is -1.82. The predicted octanol–water partition coefficient (Wildman–Crippen LogP) is 0.865. The summed E-state index contributed by atoms with van der Waals surface area (Å²) in [6.45, 7) is 3.83. The predicted molar refractivity (Wildman–Crippen MR) is 65.6 cm³/mol. The highest BCUT2D eigenvalue weighted by Crippen LogP contribution is 2.18. The minimum absolute atomic E-state index is 0.173. The molecule has 0 saturated heterocycles. The third kappa shape index (κ3) is 2.11. The molecular weight excluding hydrogens is 228 g/mol. The van der Waals surface area contributed by atoms with Gasteiger partial charge in [-0.25, -0.2) is 0 Å². The normalized spacial score (nSPS) is 15.6. The zero-order valence-corrected chi connectivity index (χ0v) is 10.4. The van der Waals surface area contributed by atoms with E-state index in [2.05, 4.69) is 37.0 Å². The first kappa shape index (κ1) is 11.3. The fourth-order valence-electron chi connectivity index (χ4n) is 2.26. The first-order chi connectivity index (χ1) is 8.84. The standard InChI is InChI=1S/C12H16N6/c1-9(15-8-10-7-13-4-5-14-10)12-17-16-11-3-2-6-18(11)12/h4-5,7,9,15H,2-3,6,8H2,1H3. The molecule has 3 rings (SSSR count). The zero-order valence-electron chi connectivity index (χ0n) is 10.4. The van der Waals surface area contributed by atoms with Gasteiger partial charge in [-0.3, -0.25) is 9.97 Å². The van der Waals surface area contributed by atoms with Crippen molar-refractivity contribution in [3.63, 3.8) is 0 Å². The number of aromatic nitrogens is 5. The number of aryl methyl sites for hydroxylation is 1. The number of hydrogen-bond acceptors (Lipinski definition) is 5. The average molecular weight is 244 g/mol. The van der Waals surface area contributed by atoms with Crippen molar-refractivity contribution >= 4 is 0 Å². The smallest absolute Gasteiger partial charge is 0.149 e. The second-order valence-electron chi connectivity index (χ2n) is 4.53. The van der Waals surface area contributed by atoms with E-state index in [-0.39, 0.29) is 6.04 Å². The molecule has 0 fully saturated rings. The molecular formula is C12H16N6. The van der Waals surface area contributed by atoms with Crippen molar-refractivity contribution in [1.82, 2.24) is 30.0 Å². The maximum atomic E-state index is 4.26. The Morgan fingerprint density at radius 2 is 2.33 bits per heavy atom. The van der Waals surface area contributed by atoms with Crippen LogP contribution in [0, 0.1) is 0 Å². The highest BCUT2D eigenvalue weighted by molar-refractivity contribution is 5.04. The molecule has 6 nitrogen and oxygen atoms in total. The molecule has 1 N–H and O–H groups in total. The Morgan fingerprint density at radius 1 is 1.39 bits per heavy atom. The molecule has 0 aliphatic carbocycles. The molecule has 6 heteroatoms. The van der Waals surface area contributed by atoms with E-state index < -0.39 is 0 Å². The van der Waals surface area contributed by atoms with Gasteiger partial charge >= 0.3 is 0 Å². The Bertz CT molecular complexity index is 521. The lowest BCUT2D eigenvalue weighted by Gasteiger charge is -2.13. The molecule has 0 bridgehead atoms. The van der Waals surface area contributed by atoms with Gasteiger partial charge in [-0.15, -0.1) is 10.2 Å². The van der Waals surface area contributed by atoms with Crippen LogP contribution in [0.2, 0.25) is 0 Å². The van der Waals surface area contributed by atoms with Crippen molar-refractivity contribution in [2.45, 2.75) is 38.9 Å². The summed E-state index contributed by atoms with van der Waals surface area (Å²) < 4.78 is 2.22. The van der Waals surface area contributed by atoms with Crippen molar-refractivity contribution in [3.05, 3.63) is 35.9 Å². The summed E-state index contributed by atoms with van der Waals surface area (Å²) in [5.41, 5.74) is 0.936. The Labute approximate surface area is 105 Å². The molecule has 1 aliphatic heterocycles. The lowest BCUT2D eigenvalue weighted by molar-refractivity contribution is 0.511. The maximum Gasteiger partial charge on any atom is 0.149 e. The number of fused-ring (bicyclic) bond motifs is 1. The van der Waals surface area contributed by atoms with Crippen LogP contribution < -0.4 is 5.32 Å². The second-order valence-corrected chi connectivity index (χ2v) is 4.53. The first-order valence-electron chi connectivity index (χ1n) is 6.25. The molecule has 1 aliphatic rings. The van der Waals surface area contributed by atoms with E-state index in [0.717, 1.165) is 30.3 Å². The molecule has 1 atom stereocenters. The summed E-state index contributed by atoms with van der Waals surface area (Å²) in [6, 6.07) is 0.173. The monoisotopic (exact) mass is 244 g/mol. The van der Waals surface area contributed by atoms with E-state index >= 15 is 0 Å². The van der Waals surface area contributed by atoms with Crippen molar-refractivity contribution in [3.8, 4) is 0 Å². The number of nitrogens with zero attached hydrogens (tertiary/aromatic N) is 5. The topological polar surface area (TPSA) is 68.5 Å². The van der Waals surface area contributed by atoms with Crippen LogP contribution in [0.25, 0.3) is 0 Å². The van der Waals surface area contributed by atoms with Gasteiger partial charge in [0.25, 0.3) is 0 Å². The second kappa shape index (κ2) is 4.81. The highest BCUT2D eigenvalue weighted by atomic mass is 15.3. The van der Waals surface area contributed by atoms with Gasteiger partial charge in [0.2, 0.25) is 0 Å². The molecule has 0 aromatic carbocycles. The number of nitrogens with one attached hydrogen (secondary N) is 1. The Morgan fingerprint density at radius 3 is 3.17 bits per heavy atom. The molecule has 18 heavy (non-hydrogen) atoms. The Kier molecular flexibility index (Phi) is 3.02. The molecule has 1 unspecified atom stereocenters. The van der Waals surface area contributed by atoms with E-state index in [4.69, 9.17) is 0 Å². The molecule has 0 saturated carbocycles. The average Bonchev–Trinajstić information content (AvgIpc) is 2.99. The fourth-order valence-corrected chi connectivity index (χ4v) is 2.26. The summed E-state index contributed by atoms with van der Waals surface area (Å²) >= 11 is 0. The van der Waals surface area contributed by atoms with E-state index in [9.17, 15) is 0 Å². The van der Waals surface area contributed by atoms with E-state index in [0.29, 0.717) is 6.54 Å². The molecule has 2 aromatic heterocycles. The van der Waals surface area contributed by atoms with Gasteiger partial charge in [0.15, 0.2) is 0 Å². The first-order valence-corrected chi connectivity index (χ1v) is 6.25. The van der Waals surface area contributed by atoms with Gasteiger partial charge in [0, 0.05) is 38.1 Å². The van der Waals surface area contributed by atoms with Crippen molar-refractivity contribution in [2.24, 2.45) is 0 Å². The number of hydrogen-bond donors (Lipinski definition) is 1. The minimum Gasteiger partial charge on any atom is -0.314 e.